The van der Waals surface area contributed by atoms with Gasteiger partial charge in [-0.15, -0.1) is 0 Å². The molecule has 0 atom stereocenters. The van der Waals surface area contributed by atoms with E-state index in [0.29, 0.717) is 36.9 Å². The molecule has 28 heavy (non-hydrogen) atoms. The minimum Gasteiger partial charge on any atom is -0.343 e. The summed E-state index contributed by atoms with van der Waals surface area (Å²) < 4.78 is 27.5. The van der Waals surface area contributed by atoms with Crippen molar-refractivity contribution in [2.45, 2.75) is 70.2 Å². The molecule has 6 heteroatoms. The molecule has 1 aromatic rings. The molecular weight excluding hydrogens is 372 g/mol. The predicted octanol–water partition coefficient (Wildman–Crippen LogP) is 3.74. The topological polar surface area (TPSA) is 57.7 Å². The SMILES string of the molecule is Cc1ccc(S(=O)(=O)N2CCC(C(=O)N(C)C3CCC(C)CC3)CC2)cc1C. The number of carbonyl (C=O) groups excluding carboxylic acids is 1. The van der Waals surface area contributed by atoms with Crippen LogP contribution in [-0.2, 0) is 14.8 Å². The van der Waals surface area contributed by atoms with Crippen LogP contribution in [-0.4, -0.2) is 49.7 Å². The zero-order chi connectivity index (χ0) is 20.5. The summed E-state index contributed by atoms with van der Waals surface area (Å²) in [5.74, 6) is 0.900. The Kier molecular flexibility index (Phi) is 6.50. The van der Waals surface area contributed by atoms with Crippen molar-refractivity contribution in [3.63, 3.8) is 0 Å². The van der Waals surface area contributed by atoms with E-state index >= 15 is 0 Å². The second kappa shape index (κ2) is 8.54. The van der Waals surface area contributed by atoms with E-state index in [1.54, 1.807) is 16.4 Å². The summed E-state index contributed by atoms with van der Waals surface area (Å²) in [6.45, 7) is 7.03. The predicted molar refractivity (Wildman–Crippen MR) is 112 cm³/mol. The number of hydrogen-bond donors (Lipinski definition) is 0. The van der Waals surface area contributed by atoms with Crippen LogP contribution in [0.4, 0.5) is 0 Å². The Morgan fingerprint density at radius 1 is 1.00 bits per heavy atom. The van der Waals surface area contributed by atoms with Crippen molar-refractivity contribution in [3.05, 3.63) is 29.3 Å². The molecule has 0 radical (unpaired) electrons. The van der Waals surface area contributed by atoms with Crippen LogP contribution in [0.2, 0.25) is 0 Å². The highest BCUT2D eigenvalue weighted by Gasteiger charge is 2.35. The van der Waals surface area contributed by atoms with Crippen LogP contribution in [0, 0.1) is 25.7 Å². The maximum atomic E-state index is 13.0. The zero-order valence-electron chi connectivity index (χ0n) is 17.6. The van der Waals surface area contributed by atoms with Gasteiger partial charge in [0.1, 0.15) is 0 Å². The van der Waals surface area contributed by atoms with E-state index in [-0.39, 0.29) is 11.8 Å². The van der Waals surface area contributed by atoms with Crippen LogP contribution in [0.25, 0.3) is 0 Å². The third kappa shape index (κ3) is 4.43. The second-order valence-electron chi connectivity index (χ2n) is 8.79. The molecular formula is C22H34N2O3S. The zero-order valence-corrected chi connectivity index (χ0v) is 18.5. The summed E-state index contributed by atoms with van der Waals surface area (Å²) in [6, 6.07) is 5.64. The van der Waals surface area contributed by atoms with E-state index in [4.69, 9.17) is 0 Å². The first kappa shape index (κ1) is 21.3. The number of aryl methyl sites for hydroxylation is 2. The van der Waals surface area contributed by atoms with Crippen molar-refractivity contribution >= 4 is 15.9 Å². The molecule has 2 fully saturated rings. The van der Waals surface area contributed by atoms with Crippen molar-refractivity contribution < 1.29 is 13.2 Å². The summed E-state index contributed by atoms with van der Waals surface area (Å²) in [7, 11) is -1.56. The number of amides is 1. The van der Waals surface area contributed by atoms with Crippen LogP contribution in [0.1, 0.15) is 56.6 Å². The highest BCUT2D eigenvalue weighted by molar-refractivity contribution is 7.89. The van der Waals surface area contributed by atoms with Gasteiger partial charge in [-0.2, -0.15) is 4.31 Å². The summed E-state index contributed by atoms with van der Waals surface area (Å²) in [5.41, 5.74) is 2.07. The van der Waals surface area contributed by atoms with E-state index in [1.165, 1.54) is 12.8 Å². The molecule has 1 heterocycles. The van der Waals surface area contributed by atoms with Crippen molar-refractivity contribution in [2.24, 2.45) is 11.8 Å². The summed E-state index contributed by atoms with van der Waals surface area (Å²) in [4.78, 5) is 15.2. The van der Waals surface area contributed by atoms with Gasteiger partial charge in [0.15, 0.2) is 0 Å². The fraction of sp³-hybridized carbons (Fsp3) is 0.682. The second-order valence-corrected chi connectivity index (χ2v) is 10.7. The lowest BCUT2D eigenvalue weighted by Crippen LogP contribution is -2.46. The summed E-state index contributed by atoms with van der Waals surface area (Å²) in [6.07, 6.45) is 5.77. The molecule has 1 saturated heterocycles. The number of sulfonamides is 1. The van der Waals surface area contributed by atoms with Crippen molar-refractivity contribution in [3.8, 4) is 0 Å². The Labute approximate surface area is 170 Å². The maximum absolute atomic E-state index is 13.0. The van der Waals surface area contributed by atoms with Gasteiger partial charge >= 0.3 is 0 Å². The van der Waals surface area contributed by atoms with Gasteiger partial charge < -0.3 is 4.90 Å². The molecule has 2 aliphatic rings. The van der Waals surface area contributed by atoms with Crippen LogP contribution < -0.4 is 0 Å². The summed E-state index contributed by atoms with van der Waals surface area (Å²) in [5, 5.41) is 0. The molecule has 1 aliphatic carbocycles. The number of hydrogen-bond acceptors (Lipinski definition) is 3. The highest BCUT2D eigenvalue weighted by Crippen LogP contribution is 2.30. The third-order valence-electron chi connectivity index (χ3n) is 6.80. The van der Waals surface area contributed by atoms with Crippen molar-refractivity contribution in [1.29, 1.82) is 0 Å². The molecule has 3 rings (SSSR count). The van der Waals surface area contributed by atoms with E-state index in [0.717, 1.165) is 29.9 Å². The van der Waals surface area contributed by atoms with Crippen LogP contribution >= 0.6 is 0 Å². The van der Waals surface area contributed by atoms with Crippen molar-refractivity contribution in [1.82, 2.24) is 9.21 Å². The molecule has 0 aromatic heterocycles. The maximum Gasteiger partial charge on any atom is 0.243 e. The Morgan fingerprint density at radius 2 is 1.61 bits per heavy atom. The van der Waals surface area contributed by atoms with Crippen LogP contribution in [0.15, 0.2) is 23.1 Å². The van der Waals surface area contributed by atoms with Gasteiger partial charge in [0.2, 0.25) is 15.9 Å². The first-order chi connectivity index (χ1) is 13.2. The molecule has 0 bridgehead atoms. The van der Waals surface area contributed by atoms with Gasteiger partial charge in [-0.05, 0) is 81.5 Å². The average Bonchev–Trinajstić information content (AvgIpc) is 2.69. The number of rotatable bonds is 4. The lowest BCUT2D eigenvalue weighted by atomic mass is 9.86. The van der Waals surface area contributed by atoms with Gasteiger partial charge in [0.05, 0.1) is 4.90 Å². The van der Waals surface area contributed by atoms with Gasteiger partial charge in [-0.25, -0.2) is 8.42 Å². The lowest BCUT2D eigenvalue weighted by molar-refractivity contribution is -0.138. The van der Waals surface area contributed by atoms with Gasteiger partial charge in [0.25, 0.3) is 0 Å². The lowest BCUT2D eigenvalue weighted by Gasteiger charge is -2.37. The minimum atomic E-state index is -3.49. The summed E-state index contributed by atoms with van der Waals surface area (Å²) >= 11 is 0. The number of carbonyl (C=O) groups is 1. The largest absolute Gasteiger partial charge is 0.343 e. The molecule has 1 aliphatic heterocycles. The Hall–Kier alpha value is -1.40. The van der Waals surface area contributed by atoms with Crippen LogP contribution in [0.3, 0.4) is 0 Å². The number of benzene rings is 1. The normalized spacial score (nSPS) is 24.9. The standard InChI is InChI=1S/C22H34N2O3S/c1-16-5-8-20(9-6-16)23(4)22(25)19-11-13-24(14-12-19)28(26,27)21-10-7-17(2)18(3)15-21/h7,10,15-16,19-20H,5-6,8-9,11-14H2,1-4H3. The quantitative estimate of drug-likeness (QED) is 0.765. The molecule has 5 nitrogen and oxygen atoms in total. The molecule has 0 unspecified atom stereocenters. The highest BCUT2D eigenvalue weighted by atomic mass is 32.2. The first-order valence-electron chi connectivity index (χ1n) is 10.5. The monoisotopic (exact) mass is 406 g/mol. The molecule has 1 amide bonds. The van der Waals surface area contributed by atoms with Gasteiger partial charge in [-0.1, -0.05) is 13.0 Å². The van der Waals surface area contributed by atoms with Crippen LogP contribution in [0.5, 0.6) is 0 Å². The molecule has 1 aromatic carbocycles. The molecule has 156 valence electrons. The minimum absolute atomic E-state index is 0.0597. The van der Waals surface area contributed by atoms with E-state index in [1.807, 2.05) is 31.9 Å². The molecule has 0 spiro atoms. The Morgan fingerprint density at radius 3 is 2.18 bits per heavy atom. The Balaban J connectivity index is 1.60. The smallest absolute Gasteiger partial charge is 0.243 e. The van der Waals surface area contributed by atoms with Gasteiger partial charge in [0, 0.05) is 32.1 Å². The van der Waals surface area contributed by atoms with E-state index in [9.17, 15) is 13.2 Å². The van der Waals surface area contributed by atoms with E-state index < -0.39 is 10.0 Å². The van der Waals surface area contributed by atoms with Gasteiger partial charge in [-0.3, -0.25) is 4.79 Å². The fourth-order valence-corrected chi connectivity index (χ4v) is 6.02. The molecule has 0 N–H and O–H groups in total. The number of piperidine rings is 1. The third-order valence-corrected chi connectivity index (χ3v) is 8.69. The number of nitrogens with zero attached hydrogens (tertiary/aromatic N) is 2. The average molecular weight is 407 g/mol. The molecule has 1 saturated carbocycles. The first-order valence-corrected chi connectivity index (χ1v) is 12.0. The fourth-order valence-electron chi connectivity index (χ4n) is 4.46. The van der Waals surface area contributed by atoms with E-state index in [2.05, 4.69) is 6.92 Å². The van der Waals surface area contributed by atoms with Crippen molar-refractivity contribution in [2.75, 3.05) is 20.1 Å². The Bertz CT molecular complexity index is 805.